The molecule has 16 heavy (non-hydrogen) atoms. The van der Waals surface area contributed by atoms with Crippen LogP contribution in [0.25, 0.3) is 0 Å². The zero-order valence-corrected chi connectivity index (χ0v) is 11.1. The first-order valence-electron chi connectivity index (χ1n) is 6.59. The second-order valence-electron chi connectivity index (χ2n) is 5.17. The molecule has 0 atom stereocenters. The van der Waals surface area contributed by atoms with Crippen LogP contribution in [0.5, 0.6) is 0 Å². The van der Waals surface area contributed by atoms with Crippen molar-refractivity contribution in [3.8, 4) is 0 Å². The molecule has 1 aliphatic carbocycles. The molecule has 0 aliphatic heterocycles. The maximum atomic E-state index is 5.47. The summed E-state index contributed by atoms with van der Waals surface area (Å²) >= 11 is 0. The minimum absolute atomic E-state index is 0.289. The topological polar surface area (TPSA) is 9.23 Å². The zero-order chi connectivity index (χ0) is 11.9. The van der Waals surface area contributed by atoms with Crippen LogP contribution in [0.3, 0.4) is 0 Å². The van der Waals surface area contributed by atoms with Crippen LogP contribution in [0.4, 0.5) is 0 Å². The van der Waals surface area contributed by atoms with E-state index in [2.05, 4.69) is 39.0 Å². The molecule has 0 bridgehead atoms. The summed E-state index contributed by atoms with van der Waals surface area (Å²) in [5.74, 6) is 0. The second kappa shape index (κ2) is 6.90. The van der Waals surface area contributed by atoms with Crippen LogP contribution < -0.4 is 0 Å². The first-order chi connectivity index (χ1) is 7.67. The Bertz CT molecular complexity index is 248. The van der Waals surface area contributed by atoms with Crippen molar-refractivity contribution in [2.75, 3.05) is 13.2 Å². The Labute approximate surface area is 101 Å². The van der Waals surface area contributed by atoms with Gasteiger partial charge in [0.1, 0.15) is 0 Å². The number of hydrogen-bond acceptors (Lipinski definition) is 1. The highest BCUT2D eigenvalue weighted by Gasteiger charge is 2.22. The Hall–Kier alpha value is -0.560. The largest absolute Gasteiger partial charge is 0.382 e. The van der Waals surface area contributed by atoms with Gasteiger partial charge in [-0.25, -0.2) is 0 Å². The second-order valence-corrected chi connectivity index (χ2v) is 5.17. The summed E-state index contributed by atoms with van der Waals surface area (Å²) in [5, 5.41) is 0. The van der Waals surface area contributed by atoms with E-state index in [9.17, 15) is 0 Å². The Morgan fingerprint density at radius 2 is 2.06 bits per heavy atom. The fourth-order valence-corrected chi connectivity index (χ4v) is 2.11. The lowest BCUT2D eigenvalue weighted by molar-refractivity contribution is 0.122. The molecule has 0 saturated carbocycles. The van der Waals surface area contributed by atoms with Crippen LogP contribution in [0, 0.1) is 5.41 Å². The van der Waals surface area contributed by atoms with Gasteiger partial charge in [0, 0.05) is 13.2 Å². The molecule has 0 heterocycles. The number of allylic oxidation sites excluding steroid dienone is 4. The molecule has 0 radical (unpaired) electrons. The van der Waals surface area contributed by atoms with Gasteiger partial charge in [0.15, 0.2) is 0 Å². The fourth-order valence-electron chi connectivity index (χ4n) is 2.11. The van der Waals surface area contributed by atoms with Crippen LogP contribution in [0.1, 0.15) is 52.9 Å². The third kappa shape index (κ3) is 4.52. The maximum Gasteiger partial charge on any atom is 0.0474 e. The summed E-state index contributed by atoms with van der Waals surface area (Å²) in [6.07, 6.45) is 13.1. The van der Waals surface area contributed by atoms with Crippen molar-refractivity contribution in [3.63, 3.8) is 0 Å². The van der Waals surface area contributed by atoms with E-state index in [1.165, 1.54) is 19.3 Å². The van der Waals surface area contributed by atoms with E-state index in [4.69, 9.17) is 4.74 Å². The van der Waals surface area contributed by atoms with Crippen molar-refractivity contribution in [1.29, 1.82) is 0 Å². The highest BCUT2D eigenvalue weighted by molar-refractivity contribution is 5.17. The van der Waals surface area contributed by atoms with Gasteiger partial charge in [-0.15, -0.1) is 0 Å². The van der Waals surface area contributed by atoms with Crippen LogP contribution in [-0.2, 0) is 4.74 Å². The van der Waals surface area contributed by atoms with Crippen molar-refractivity contribution in [2.24, 2.45) is 5.41 Å². The number of hydrogen-bond donors (Lipinski definition) is 0. The average Bonchev–Trinajstić information content (AvgIpc) is 2.16. The van der Waals surface area contributed by atoms with Crippen molar-refractivity contribution in [1.82, 2.24) is 0 Å². The summed E-state index contributed by atoms with van der Waals surface area (Å²) < 4.78 is 5.47. The van der Waals surface area contributed by atoms with E-state index in [1.54, 1.807) is 5.57 Å². The Morgan fingerprint density at radius 3 is 2.81 bits per heavy atom. The molecule has 0 fully saturated rings. The summed E-state index contributed by atoms with van der Waals surface area (Å²) in [5.41, 5.74) is 1.87. The van der Waals surface area contributed by atoms with Gasteiger partial charge in [-0.2, -0.15) is 0 Å². The van der Waals surface area contributed by atoms with Crippen LogP contribution in [0.15, 0.2) is 23.8 Å². The molecule has 1 heteroatoms. The van der Waals surface area contributed by atoms with Gasteiger partial charge in [-0.3, -0.25) is 0 Å². The predicted molar refractivity (Wildman–Crippen MR) is 70.6 cm³/mol. The third-order valence-electron chi connectivity index (χ3n) is 3.41. The van der Waals surface area contributed by atoms with E-state index in [-0.39, 0.29) is 5.41 Å². The van der Waals surface area contributed by atoms with Crippen LogP contribution >= 0.6 is 0 Å². The molecular weight excluding hydrogens is 196 g/mol. The summed E-state index contributed by atoms with van der Waals surface area (Å²) in [6, 6.07) is 0. The van der Waals surface area contributed by atoms with E-state index >= 15 is 0 Å². The summed E-state index contributed by atoms with van der Waals surface area (Å²) in [6.45, 7) is 8.45. The van der Waals surface area contributed by atoms with E-state index < -0.39 is 0 Å². The monoisotopic (exact) mass is 222 g/mol. The smallest absolute Gasteiger partial charge is 0.0474 e. The molecule has 0 saturated heterocycles. The van der Waals surface area contributed by atoms with E-state index in [0.717, 1.165) is 26.1 Å². The highest BCUT2D eigenvalue weighted by atomic mass is 16.5. The van der Waals surface area contributed by atoms with Crippen molar-refractivity contribution >= 4 is 0 Å². The molecule has 0 unspecified atom stereocenters. The first kappa shape index (κ1) is 13.5. The standard InChI is InChI=1S/C15H26O/c1-4-16-13-12-15(2,3)14-10-8-6-5-7-9-11-14/h6,8,11H,4-5,7,9-10,12-13H2,1-3H3/b8-6-,14-11+. The molecule has 0 amide bonds. The summed E-state index contributed by atoms with van der Waals surface area (Å²) in [7, 11) is 0. The number of rotatable bonds is 5. The molecule has 0 N–H and O–H groups in total. The fraction of sp³-hybridized carbons (Fsp3) is 0.733. The molecule has 0 spiro atoms. The van der Waals surface area contributed by atoms with Crippen molar-refractivity contribution in [2.45, 2.75) is 52.9 Å². The molecule has 0 aromatic rings. The van der Waals surface area contributed by atoms with Gasteiger partial charge >= 0.3 is 0 Å². The molecule has 1 rings (SSSR count). The molecule has 92 valence electrons. The van der Waals surface area contributed by atoms with Gasteiger partial charge in [-0.05, 0) is 44.4 Å². The van der Waals surface area contributed by atoms with Crippen LogP contribution in [-0.4, -0.2) is 13.2 Å². The van der Waals surface area contributed by atoms with Crippen LogP contribution in [0.2, 0.25) is 0 Å². The normalized spacial score (nSPS) is 23.1. The molecule has 0 aromatic carbocycles. The maximum absolute atomic E-state index is 5.47. The quantitative estimate of drug-likeness (QED) is 0.492. The van der Waals surface area contributed by atoms with Crippen molar-refractivity contribution in [3.05, 3.63) is 23.8 Å². The lowest BCUT2D eigenvalue weighted by Crippen LogP contribution is -2.18. The minimum atomic E-state index is 0.289. The predicted octanol–water partition coefficient (Wildman–Crippen LogP) is 4.50. The SMILES string of the molecule is CCOCCC(C)(C)/C1=C/CCC/C=C\C1. The Kier molecular flexibility index (Phi) is 5.83. The zero-order valence-electron chi connectivity index (χ0n) is 11.1. The molecule has 1 aliphatic rings. The van der Waals surface area contributed by atoms with Gasteiger partial charge in [0.25, 0.3) is 0 Å². The highest BCUT2D eigenvalue weighted by Crippen LogP contribution is 2.34. The molecule has 0 aromatic heterocycles. The molecular formula is C15H26O. The van der Waals surface area contributed by atoms with Gasteiger partial charge in [0.05, 0.1) is 0 Å². The summed E-state index contributed by atoms with van der Waals surface area (Å²) in [4.78, 5) is 0. The molecule has 1 nitrogen and oxygen atoms in total. The minimum Gasteiger partial charge on any atom is -0.382 e. The number of ether oxygens (including phenoxy) is 1. The lowest BCUT2D eigenvalue weighted by atomic mass is 9.78. The van der Waals surface area contributed by atoms with Crippen molar-refractivity contribution < 1.29 is 4.74 Å². The van der Waals surface area contributed by atoms with Gasteiger partial charge < -0.3 is 4.74 Å². The Morgan fingerprint density at radius 1 is 1.25 bits per heavy atom. The Balaban J connectivity index is 2.53. The van der Waals surface area contributed by atoms with Gasteiger partial charge in [-0.1, -0.05) is 37.6 Å². The third-order valence-corrected chi connectivity index (χ3v) is 3.41. The van der Waals surface area contributed by atoms with Gasteiger partial charge in [0.2, 0.25) is 0 Å². The van der Waals surface area contributed by atoms with E-state index in [1.807, 2.05) is 0 Å². The average molecular weight is 222 g/mol. The lowest BCUT2D eigenvalue weighted by Gasteiger charge is -2.28. The first-order valence-corrected chi connectivity index (χ1v) is 6.59. The van der Waals surface area contributed by atoms with E-state index in [0.29, 0.717) is 0 Å².